The average Bonchev–Trinajstić information content (AvgIpc) is 2.76. The van der Waals surface area contributed by atoms with Crippen LogP contribution in [0.25, 0.3) is 0 Å². The van der Waals surface area contributed by atoms with Gasteiger partial charge in [0.25, 0.3) is 5.91 Å². The SMILES string of the molecule is CCn1cccc1C(=O)NC(C)CCCC(=O)O. The highest BCUT2D eigenvalue weighted by molar-refractivity contribution is 5.92. The minimum Gasteiger partial charge on any atom is -0.481 e. The second-order valence-electron chi connectivity index (χ2n) is 4.34. The van der Waals surface area contributed by atoms with Crippen LogP contribution in [-0.4, -0.2) is 27.6 Å². The summed E-state index contributed by atoms with van der Waals surface area (Å²) in [7, 11) is 0. The fourth-order valence-corrected chi connectivity index (χ4v) is 1.83. The molecule has 100 valence electrons. The van der Waals surface area contributed by atoms with Crippen molar-refractivity contribution in [2.24, 2.45) is 0 Å². The molecule has 0 fully saturated rings. The molecule has 1 atom stereocenters. The Morgan fingerprint density at radius 1 is 1.50 bits per heavy atom. The van der Waals surface area contributed by atoms with E-state index >= 15 is 0 Å². The molecule has 1 aromatic heterocycles. The number of carbonyl (C=O) groups is 2. The number of rotatable bonds is 7. The molecule has 0 radical (unpaired) electrons. The zero-order valence-corrected chi connectivity index (χ0v) is 10.8. The van der Waals surface area contributed by atoms with Gasteiger partial charge in [0.15, 0.2) is 0 Å². The number of hydrogen-bond donors (Lipinski definition) is 2. The van der Waals surface area contributed by atoms with Gasteiger partial charge in [-0.2, -0.15) is 0 Å². The Labute approximate surface area is 107 Å². The Bertz CT molecular complexity index is 412. The number of aryl methyl sites for hydroxylation is 1. The van der Waals surface area contributed by atoms with Crippen LogP contribution in [0.5, 0.6) is 0 Å². The number of carboxylic acids is 1. The first kappa shape index (κ1) is 14.3. The second kappa shape index (κ2) is 6.83. The molecule has 0 saturated heterocycles. The van der Waals surface area contributed by atoms with E-state index in [1.54, 1.807) is 6.07 Å². The Hall–Kier alpha value is -1.78. The fraction of sp³-hybridized carbons (Fsp3) is 0.538. The van der Waals surface area contributed by atoms with Crippen molar-refractivity contribution in [1.82, 2.24) is 9.88 Å². The summed E-state index contributed by atoms with van der Waals surface area (Å²) in [6.07, 6.45) is 3.26. The summed E-state index contributed by atoms with van der Waals surface area (Å²) in [5.74, 6) is -0.905. The molecule has 1 amide bonds. The van der Waals surface area contributed by atoms with Gasteiger partial charge in [0, 0.05) is 25.2 Å². The Kier molecular flexibility index (Phi) is 5.42. The van der Waals surface area contributed by atoms with Gasteiger partial charge in [0.05, 0.1) is 0 Å². The van der Waals surface area contributed by atoms with Crippen LogP contribution in [0.3, 0.4) is 0 Å². The van der Waals surface area contributed by atoms with Crippen molar-refractivity contribution in [2.45, 2.75) is 45.7 Å². The van der Waals surface area contributed by atoms with Gasteiger partial charge in [-0.05, 0) is 38.8 Å². The quantitative estimate of drug-likeness (QED) is 0.778. The predicted octanol–water partition coefficient (Wildman–Crippen LogP) is 1.88. The van der Waals surface area contributed by atoms with Gasteiger partial charge in [-0.25, -0.2) is 0 Å². The van der Waals surface area contributed by atoms with E-state index in [4.69, 9.17) is 5.11 Å². The summed E-state index contributed by atoms with van der Waals surface area (Å²) < 4.78 is 1.87. The minimum atomic E-state index is -0.798. The van der Waals surface area contributed by atoms with Crippen molar-refractivity contribution in [2.75, 3.05) is 0 Å². The van der Waals surface area contributed by atoms with E-state index in [2.05, 4.69) is 5.32 Å². The number of hydrogen-bond acceptors (Lipinski definition) is 2. The van der Waals surface area contributed by atoms with E-state index in [0.29, 0.717) is 18.5 Å². The lowest BCUT2D eigenvalue weighted by Gasteiger charge is -2.14. The molecule has 0 aromatic carbocycles. The summed E-state index contributed by atoms with van der Waals surface area (Å²) in [6, 6.07) is 3.60. The molecule has 1 unspecified atom stereocenters. The van der Waals surface area contributed by atoms with Gasteiger partial charge in [0.2, 0.25) is 0 Å². The Morgan fingerprint density at radius 2 is 2.22 bits per heavy atom. The summed E-state index contributed by atoms with van der Waals surface area (Å²) >= 11 is 0. The first-order chi connectivity index (χ1) is 8.54. The Morgan fingerprint density at radius 3 is 2.83 bits per heavy atom. The smallest absolute Gasteiger partial charge is 0.303 e. The molecule has 0 aliphatic heterocycles. The third-order valence-corrected chi connectivity index (χ3v) is 2.81. The minimum absolute atomic E-state index is 0.0166. The maximum Gasteiger partial charge on any atom is 0.303 e. The molecule has 0 aliphatic carbocycles. The highest BCUT2D eigenvalue weighted by Gasteiger charge is 2.12. The number of aliphatic carboxylic acids is 1. The van der Waals surface area contributed by atoms with Crippen LogP contribution >= 0.6 is 0 Å². The average molecular weight is 252 g/mol. The first-order valence-corrected chi connectivity index (χ1v) is 6.22. The Balaban J connectivity index is 2.42. The van der Waals surface area contributed by atoms with Crippen molar-refractivity contribution in [3.63, 3.8) is 0 Å². The van der Waals surface area contributed by atoms with Crippen LogP contribution in [0, 0.1) is 0 Å². The van der Waals surface area contributed by atoms with E-state index < -0.39 is 5.97 Å². The van der Waals surface area contributed by atoms with Gasteiger partial charge in [0.1, 0.15) is 5.69 Å². The normalized spacial score (nSPS) is 12.1. The molecule has 0 spiro atoms. The molecule has 5 heteroatoms. The molecule has 1 aromatic rings. The van der Waals surface area contributed by atoms with E-state index in [9.17, 15) is 9.59 Å². The molecule has 1 heterocycles. The largest absolute Gasteiger partial charge is 0.481 e. The van der Waals surface area contributed by atoms with Gasteiger partial charge < -0.3 is 15.0 Å². The van der Waals surface area contributed by atoms with Crippen molar-refractivity contribution in [3.8, 4) is 0 Å². The summed E-state index contributed by atoms with van der Waals surface area (Å²) in [5, 5.41) is 11.4. The molecular weight excluding hydrogens is 232 g/mol. The predicted molar refractivity (Wildman–Crippen MR) is 68.5 cm³/mol. The standard InChI is InChI=1S/C13H20N2O3/c1-3-15-9-5-7-11(15)13(18)14-10(2)6-4-8-12(16)17/h5,7,9-10H,3-4,6,8H2,1-2H3,(H,14,18)(H,16,17). The van der Waals surface area contributed by atoms with Crippen LogP contribution in [0.2, 0.25) is 0 Å². The van der Waals surface area contributed by atoms with Crippen molar-refractivity contribution < 1.29 is 14.7 Å². The maximum atomic E-state index is 11.9. The molecule has 0 bridgehead atoms. The highest BCUT2D eigenvalue weighted by atomic mass is 16.4. The molecule has 1 rings (SSSR count). The van der Waals surface area contributed by atoms with Crippen LogP contribution < -0.4 is 5.32 Å². The van der Waals surface area contributed by atoms with Crippen LogP contribution in [0.1, 0.15) is 43.6 Å². The zero-order valence-electron chi connectivity index (χ0n) is 10.8. The summed E-state index contributed by atoms with van der Waals surface area (Å²) in [4.78, 5) is 22.3. The third-order valence-electron chi connectivity index (χ3n) is 2.81. The number of aromatic nitrogens is 1. The monoisotopic (exact) mass is 252 g/mol. The molecule has 2 N–H and O–H groups in total. The number of nitrogens with zero attached hydrogens (tertiary/aromatic N) is 1. The third kappa shape index (κ3) is 4.24. The highest BCUT2D eigenvalue weighted by Crippen LogP contribution is 2.05. The van der Waals surface area contributed by atoms with Gasteiger partial charge in [-0.15, -0.1) is 0 Å². The number of carbonyl (C=O) groups excluding carboxylic acids is 1. The van der Waals surface area contributed by atoms with E-state index in [1.807, 2.05) is 30.7 Å². The lowest BCUT2D eigenvalue weighted by molar-refractivity contribution is -0.137. The molecular formula is C13H20N2O3. The van der Waals surface area contributed by atoms with E-state index in [-0.39, 0.29) is 18.4 Å². The number of amides is 1. The zero-order chi connectivity index (χ0) is 13.5. The van der Waals surface area contributed by atoms with Gasteiger partial charge in [-0.3, -0.25) is 9.59 Å². The topological polar surface area (TPSA) is 71.3 Å². The van der Waals surface area contributed by atoms with Gasteiger partial charge >= 0.3 is 5.97 Å². The molecule has 18 heavy (non-hydrogen) atoms. The van der Waals surface area contributed by atoms with E-state index in [0.717, 1.165) is 6.54 Å². The van der Waals surface area contributed by atoms with E-state index in [1.165, 1.54) is 0 Å². The maximum absolute atomic E-state index is 11.9. The summed E-state index contributed by atoms with van der Waals surface area (Å²) in [5.41, 5.74) is 0.641. The van der Waals surface area contributed by atoms with Crippen LogP contribution in [0.4, 0.5) is 0 Å². The number of carboxylic acid groups (broad SMARTS) is 1. The molecule has 0 saturated carbocycles. The molecule has 0 aliphatic rings. The summed E-state index contributed by atoms with van der Waals surface area (Å²) in [6.45, 7) is 4.62. The van der Waals surface area contributed by atoms with Crippen LogP contribution in [-0.2, 0) is 11.3 Å². The molecule has 5 nitrogen and oxygen atoms in total. The van der Waals surface area contributed by atoms with Crippen molar-refractivity contribution in [1.29, 1.82) is 0 Å². The second-order valence-corrected chi connectivity index (χ2v) is 4.34. The van der Waals surface area contributed by atoms with Crippen molar-refractivity contribution >= 4 is 11.9 Å². The van der Waals surface area contributed by atoms with Gasteiger partial charge in [-0.1, -0.05) is 0 Å². The van der Waals surface area contributed by atoms with Crippen LogP contribution in [0.15, 0.2) is 18.3 Å². The first-order valence-electron chi connectivity index (χ1n) is 6.22. The fourth-order valence-electron chi connectivity index (χ4n) is 1.83. The lowest BCUT2D eigenvalue weighted by Crippen LogP contribution is -2.33. The van der Waals surface area contributed by atoms with Crippen molar-refractivity contribution in [3.05, 3.63) is 24.0 Å². The number of nitrogens with one attached hydrogen (secondary N) is 1. The lowest BCUT2D eigenvalue weighted by atomic mass is 10.1.